The van der Waals surface area contributed by atoms with Crippen LogP contribution in [-0.2, 0) is 0 Å². The van der Waals surface area contributed by atoms with E-state index in [4.69, 9.17) is 9.15 Å². The first-order valence-electron chi connectivity index (χ1n) is 3.99. The van der Waals surface area contributed by atoms with Gasteiger partial charge in [-0.2, -0.15) is 0 Å². The Morgan fingerprint density at radius 1 is 1.62 bits per heavy atom. The molecule has 1 aromatic heterocycles. The number of ketones is 1. The molecule has 2 heterocycles. The minimum Gasteiger partial charge on any atom is -0.486 e. The molecule has 4 nitrogen and oxygen atoms in total. The zero-order chi connectivity index (χ0) is 9.42. The van der Waals surface area contributed by atoms with Crippen LogP contribution in [0.3, 0.4) is 0 Å². The molecule has 0 aromatic carbocycles. The lowest BCUT2D eigenvalue weighted by Gasteiger charge is -2.17. The van der Waals surface area contributed by atoms with Crippen molar-refractivity contribution >= 4 is 12.1 Å². The number of furan rings is 1. The molecule has 0 aliphatic carbocycles. The molecule has 1 aliphatic rings. The summed E-state index contributed by atoms with van der Waals surface area (Å²) in [7, 11) is 0. The molecule has 0 amide bonds. The summed E-state index contributed by atoms with van der Waals surface area (Å²) in [6.07, 6.45) is 0.718. The molecule has 0 saturated carbocycles. The van der Waals surface area contributed by atoms with E-state index in [0.29, 0.717) is 18.5 Å². The van der Waals surface area contributed by atoms with Gasteiger partial charge in [0.15, 0.2) is 17.8 Å². The van der Waals surface area contributed by atoms with E-state index in [0.717, 1.165) is 0 Å². The molecule has 0 fully saturated rings. The van der Waals surface area contributed by atoms with E-state index in [9.17, 15) is 9.59 Å². The van der Waals surface area contributed by atoms with Crippen molar-refractivity contribution in [2.45, 2.75) is 19.4 Å². The number of fused-ring (bicyclic) bond motifs is 1. The molecule has 1 aromatic rings. The first-order chi connectivity index (χ1) is 6.20. The third-order valence-electron chi connectivity index (χ3n) is 1.89. The van der Waals surface area contributed by atoms with Gasteiger partial charge in [-0.3, -0.25) is 9.59 Å². The molecule has 0 radical (unpaired) electrons. The molecule has 0 N–H and O–H groups in total. The molecule has 1 atom stereocenters. The Morgan fingerprint density at radius 2 is 2.38 bits per heavy atom. The fraction of sp³-hybridized carbons (Fsp3) is 0.333. The second-order valence-electron chi connectivity index (χ2n) is 3.02. The van der Waals surface area contributed by atoms with Crippen molar-refractivity contribution in [1.29, 1.82) is 0 Å². The van der Waals surface area contributed by atoms with Gasteiger partial charge in [-0.25, -0.2) is 0 Å². The highest BCUT2D eigenvalue weighted by Gasteiger charge is 2.27. The van der Waals surface area contributed by atoms with Gasteiger partial charge < -0.3 is 9.15 Å². The molecular formula is C9H8O4. The van der Waals surface area contributed by atoms with Crippen LogP contribution in [0.1, 0.15) is 34.5 Å². The maximum atomic E-state index is 11.3. The standard InChI is InChI=1S/C9H8O4/c1-5-2-7(11)9-8(12-5)3-6(4-10)13-9/h3-5H,2H2,1H3. The summed E-state index contributed by atoms with van der Waals surface area (Å²) >= 11 is 0. The van der Waals surface area contributed by atoms with Crippen molar-refractivity contribution < 1.29 is 18.7 Å². The van der Waals surface area contributed by atoms with Crippen LogP contribution in [0, 0.1) is 0 Å². The molecule has 4 heteroatoms. The summed E-state index contributed by atoms with van der Waals surface area (Å²) in [6, 6.07) is 1.44. The van der Waals surface area contributed by atoms with Crippen LogP contribution in [0.4, 0.5) is 0 Å². The van der Waals surface area contributed by atoms with Gasteiger partial charge in [0.05, 0.1) is 6.42 Å². The average molecular weight is 180 g/mol. The molecule has 1 unspecified atom stereocenters. The van der Waals surface area contributed by atoms with E-state index in [1.165, 1.54) is 6.07 Å². The third kappa shape index (κ3) is 1.24. The first-order valence-corrected chi connectivity index (χ1v) is 3.99. The van der Waals surface area contributed by atoms with Crippen molar-refractivity contribution in [2.24, 2.45) is 0 Å². The maximum Gasteiger partial charge on any atom is 0.212 e. The van der Waals surface area contributed by atoms with Gasteiger partial charge in [-0.15, -0.1) is 0 Å². The highest BCUT2D eigenvalue weighted by Crippen LogP contribution is 2.30. The van der Waals surface area contributed by atoms with E-state index in [1.807, 2.05) is 0 Å². The smallest absolute Gasteiger partial charge is 0.212 e. The molecule has 68 valence electrons. The lowest BCUT2D eigenvalue weighted by molar-refractivity contribution is 0.0831. The largest absolute Gasteiger partial charge is 0.486 e. The van der Waals surface area contributed by atoms with Crippen molar-refractivity contribution in [2.75, 3.05) is 0 Å². The van der Waals surface area contributed by atoms with Gasteiger partial charge in [-0.05, 0) is 6.92 Å². The number of hydrogen-bond acceptors (Lipinski definition) is 4. The summed E-state index contributed by atoms with van der Waals surface area (Å²) in [5, 5.41) is 0. The second kappa shape index (κ2) is 2.73. The number of carbonyl (C=O) groups is 2. The van der Waals surface area contributed by atoms with Crippen LogP contribution in [0.5, 0.6) is 5.75 Å². The number of rotatable bonds is 1. The number of aldehydes is 1. The Balaban J connectivity index is 2.46. The quantitative estimate of drug-likeness (QED) is 0.613. The van der Waals surface area contributed by atoms with Crippen LogP contribution in [0.15, 0.2) is 10.5 Å². The summed E-state index contributed by atoms with van der Waals surface area (Å²) in [5.74, 6) is 0.570. The lowest BCUT2D eigenvalue weighted by atomic mass is 10.1. The Hall–Kier alpha value is -1.58. The summed E-state index contributed by atoms with van der Waals surface area (Å²) < 4.78 is 10.3. The minimum absolute atomic E-state index is 0.109. The minimum atomic E-state index is -0.142. The predicted octanol–water partition coefficient (Wildman–Crippen LogP) is 1.45. The van der Waals surface area contributed by atoms with E-state index >= 15 is 0 Å². The zero-order valence-corrected chi connectivity index (χ0v) is 7.07. The highest BCUT2D eigenvalue weighted by atomic mass is 16.5. The predicted molar refractivity (Wildman–Crippen MR) is 43.1 cm³/mol. The van der Waals surface area contributed by atoms with Gasteiger partial charge in [0.2, 0.25) is 11.5 Å². The fourth-order valence-corrected chi connectivity index (χ4v) is 1.34. The Kier molecular flexibility index (Phi) is 1.69. The Bertz CT molecular complexity index is 364. The van der Waals surface area contributed by atoms with Crippen LogP contribution in [0.25, 0.3) is 0 Å². The second-order valence-corrected chi connectivity index (χ2v) is 3.02. The lowest BCUT2D eigenvalue weighted by Crippen LogP contribution is -2.22. The van der Waals surface area contributed by atoms with Crippen molar-refractivity contribution in [3.05, 3.63) is 17.6 Å². The molecule has 0 saturated heterocycles. The van der Waals surface area contributed by atoms with Gasteiger partial charge >= 0.3 is 0 Å². The van der Waals surface area contributed by atoms with E-state index in [1.54, 1.807) is 6.92 Å². The number of carbonyl (C=O) groups excluding carboxylic acids is 2. The Morgan fingerprint density at radius 3 is 3.08 bits per heavy atom. The Labute approximate surface area is 74.5 Å². The van der Waals surface area contributed by atoms with Crippen molar-refractivity contribution in [3.8, 4) is 5.75 Å². The van der Waals surface area contributed by atoms with Crippen LogP contribution in [0.2, 0.25) is 0 Å². The first kappa shape index (κ1) is 8.04. The number of hydrogen-bond donors (Lipinski definition) is 0. The zero-order valence-electron chi connectivity index (χ0n) is 7.07. The van der Waals surface area contributed by atoms with E-state index < -0.39 is 0 Å². The van der Waals surface area contributed by atoms with Gasteiger partial charge in [0.25, 0.3) is 0 Å². The molecule has 1 aliphatic heterocycles. The van der Waals surface area contributed by atoms with E-state index in [2.05, 4.69) is 0 Å². The molecule has 13 heavy (non-hydrogen) atoms. The van der Waals surface area contributed by atoms with Gasteiger partial charge in [0, 0.05) is 6.07 Å². The molecular weight excluding hydrogens is 172 g/mol. The van der Waals surface area contributed by atoms with Crippen LogP contribution in [-0.4, -0.2) is 18.2 Å². The normalized spacial score (nSPS) is 20.7. The summed E-state index contributed by atoms with van der Waals surface area (Å²) in [6.45, 7) is 1.80. The maximum absolute atomic E-state index is 11.3. The molecule has 0 spiro atoms. The third-order valence-corrected chi connectivity index (χ3v) is 1.89. The van der Waals surface area contributed by atoms with E-state index in [-0.39, 0.29) is 23.4 Å². The topological polar surface area (TPSA) is 56.5 Å². The summed E-state index contributed by atoms with van der Waals surface area (Å²) in [4.78, 5) is 21.7. The highest BCUT2D eigenvalue weighted by molar-refractivity contribution is 5.98. The van der Waals surface area contributed by atoms with Gasteiger partial charge in [-0.1, -0.05) is 0 Å². The number of Topliss-reactive ketones (excluding diaryl/α,β-unsaturated/α-hetero) is 1. The molecule has 2 rings (SSSR count). The summed E-state index contributed by atoms with van der Waals surface area (Å²) in [5.41, 5.74) is 0. The monoisotopic (exact) mass is 180 g/mol. The SMILES string of the molecule is CC1CC(=O)c2oc(C=O)cc2O1. The number of ether oxygens (including phenoxy) is 1. The van der Waals surface area contributed by atoms with Gasteiger partial charge in [0.1, 0.15) is 6.10 Å². The van der Waals surface area contributed by atoms with Crippen LogP contribution >= 0.6 is 0 Å². The van der Waals surface area contributed by atoms with Crippen molar-refractivity contribution in [1.82, 2.24) is 0 Å². The van der Waals surface area contributed by atoms with Crippen LogP contribution < -0.4 is 4.74 Å². The molecule has 0 bridgehead atoms. The fourth-order valence-electron chi connectivity index (χ4n) is 1.34. The van der Waals surface area contributed by atoms with Crippen molar-refractivity contribution in [3.63, 3.8) is 0 Å². The average Bonchev–Trinajstić information content (AvgIpc) is 2.47.